The molecule has 2 aromatic rings. The minimum atomic E-state index is -0.302. The first-order chi connectivity index (χ1) is 9.22. The molecule has 2 aromatic heterocycles. The molecule has 3 N–H and O–H groups in total. The lowest BCUT2D eigenvalue weighted by Gasteiger charge is -2.36. The molecule has 0 aliphatic heterocycles. The molecule has 0 aromatic carbocycles. The molecule has 3 rings (SSSR count). The van der Waals surface area contributed by atoms with Gasteiger partial charge in [-0.3, -0.25) is 0 Å². The highest BCUT2D eigenvalue weighted by Crippen LogP contribution is 2.30. The monoisotopic (exact) mass is 263 g/mol. The second-order valence-electron chi connectivity index (χ2n) is 5.16. The van der Waals surface area contributed by atoms with Gasteiger partial charge in [0.2, 0.25) is 0 Å². The maximum absolute atomic E-state index is 11.3. The molecule has 2 heterocycles. The summed E-state index contributed by atoms with van der Waals surface area (Å²) in [7, 11) is 0. The van der Waals surface area contributed by atoms with E-state index in [0.29, 0.717) is 11.5 Å². The molecule has 102 valence electrons. The van der Waals surface area contributed by atoms with E-state index < -0.39 is 0 Å². The van der Waals surface area contributed by atoms with Gasteiger partial charge >= 0.3 is 5.69 Å². The molecule has 0 atom stereocenters. The van der Waals surface area contributed by atoms with E-state index in [2.05, 4.69) is 20.5 Å². The number of aliphatic hydroxyl groups excluding tert-OH is 1. The molecule has 0 bridgehead atoms. The average Bonchev–Trinajstić information content (AvgIpc) is 2.81. The summed E-state index contributed by atoms with van der Waals surface area (Å²) in [6, 6.07) is 1.71. The fourth-order valence-electron chi connectivity index (χ4n) is 2.70. The van der Waals surface area contributed by atoms with Crippen LogP contribution in [0.15, 0.2) is 17.2 Å². The van der Waals surface area contributed by atoms with Crippen LogP contribution in [0.1, 0.15) is 32.1 Å². The Morgan fingerprint density at radius 1 is 1.42 bits per heavy atom. The molecular formula is C12H17N5O2. The lowest BCUT2D eigenvalue weighted by Crippen LogP contribution is -2.44. The van der Waals surface area contributed by atoms with Crippen molar-refractivity contribution in [1.29, 1.82) is 0 Å². The van der Waals surface area contributed by atoms with Gasteiger partial charge in [0.05, 0.1) is 12.1 Å². The molecule has 7 heteroatoms. The molecule has 19 heavy (non-hydrogen) atoms. The standard InChI is InChI=1S/C12H17N5O2/c18-7-12(4-2-1-3-5-12)14-9-6-10-15-16-11(19)17(10)8-13-9/h6,8,14,18H,1-5,7H2,(H,16,19). The number of nitrogens with one attached hydrogen (secondary N) is 2. The molecule has 0 saturated heterocycles. The van der Waals surface area contributed by atoms with Gasteiger partial charge < -0.3 is 10.4 Å². The molecule has 1 aliphatic rings. The summed E-state index contributed by atoms with van der Waals surface area (Å²) in [6.45, 7) is 0.0905. The highest BCUT2D eigenvalue weighted by molar-refractivity contribution is 5.49. The van der Waals surface area contributed by atoms with Crippen molar-refractivity contribution >= 4 is 11.5 Å². The number of aliphatic hydroxyl groups is 1. The normalized spacial score (nSPS) is 18.6. The zero-order chi connectivity index (χ0) is 13.3. The second kappa shape index (κ2) is 4.65. The summed E-state index contributed by atoms with van der Waals surface area (Å²) < 4.78 is 1.34. The zero-order valence-electron chi connectivity index (χ0n) is 10.6. The van der Waals surface area contributed by atoms with Gasteiger partial charge in [0.15, 0.2) is 5.65 Å². The fourth-order valence-corrected chi connectivity index (χ4v) is 2.70. The van der Waals surface area contributed by atoms with Crippen molar-refractivity contribution in [3.63, 3.8) is 0 Å². The zero-order valence-corrected chi connectivity index (χ0v) is 10.6. The highest BCUT2D eigenvalue weighted by Gasteiger charge is 2.31. The Hall–Kier alpha value is -1.89. The SMILES string of the molecule is O=c1[nH]nc2cc(NC3(CO)CCCCC3)ncn12. The van der Waals surface area contributed by atoms with Gasteiger partial charge in [0.25, 0.3) is 0 Å². The summed E-state index contributed by atoms with van der Waals surface area (Å²) in [6.07, 6.45) is 6.74. The van der Waals surface area contributed by atoms with Gasteiger partial charge in [0.1, 0.15) is 12.1 Å². The van der Waals surface area contributed by atoms with Crippen molar-refractivity contribution in [1.82, 2.24) is 19.6 Å². The third-order valence-electron chi connectivity index (χ3n) is 3.82. The van der Waals surface area contributed by atoms with E-state index in [1.165, 1.54) is 17.1 Å². The summed E-state index contributed by atoms with van der Waals surface area (Å²) in [5.41, 5.74) is -0.0739. The van der Waals surface area contributed by atoms with Crippen LogP contribution < -0.4 is 11.0 Å². The Morgan fingerprint density at radius 2 is 2.21 bits per heavy atom. The molecule has 7 nitrogen and oxygen atoms in total. The van der Waals surface area contributed by atoms with Crippen LogP contribution in [0.2, 0.25) is 0 Å². The second-order valence-corrected chi connectivity index (χ2v) is 5.16. The third kappa shape index (κ3) is 2.21. The van der Waals surface area contributed by atoms with Crippen LogP contribution in [0, 0.1) is 0 Å². The number of hydrogen-bond donors (Lipinski definition) is 3. The molecule has 0 unspecified atom stereocenters. The lowest BCUT2D eigenvalue weighted by atomic mass is 9.82. The van der Waals surface area contributed by atoms with Gasteiger partial charge in [-0.05, 0) is 12.8 Å². The molecule has 1 saturated carbocycles. The van der Waals surface area contributed by atoms with Crippen molar-refractivity contribution < 1.29 is 5.11 Å². The number of aromatic nitrogens is 4. The van der Waals surface area contributed by atoms with E-state index in [0.717, 1.165) is 25.7 Å². The van der Waals surface area contributed by atoms with E-state index in [1.54, 1.807) is 6.07 Å². The summed E-state index contributed by atoms with van der Waals surface area (Å²) in [5, 5.41) is 19.2. The van der Waals surface area contributed by atoms with Crippen molar-refractivity contribution in [2.45, 2.75) is 37.6 Å². The molecule has 0 radical (unpaired) electrons. The third-order valence-corrected chi connectivity index (χ3v) is 3.82. The quantitative estimate of drug-likeness (QED) is 0.750. The number of nitrogens with zero attached hydrogens (tertiary/aromatic N) is 3. The van der Waals surface area contributed by atoms with Crippen LogP contribution in [0.5, 0.6) is 0 Å². The number of hydrogen-bond acceptors (Lipinski definition) is 5. The first-order valence-electron chi connectivity index (χ1n) is 6.54. The van der Waals surface area contributed by atoms with Gasteiger partial charge in [0, 0.05) is 6.07 Å². The van der Waals surface area contributed by atoms with Crippen molar-refractivity contribution in [2.75, 3.05) is 11.9 Å². The predicted molar refractivity (Wildman–Crippen MR) is 70.1 cm³/mol. The first-order valence-corrected chi connectivity index (χ1v) is 6.54. The summed E-state index contributed by atoms with van der Waals surface area (Å²) in [4.78, 5) is 15.6. The number of rotatable bonds is 3. The Bertz CT molecular complexity index is 626. The van der Waals surface area contributed by atoms with E-state index in [9.17, 15) is 9.90 Å². The van der Waals surface area contributed by atoms with Crippen LogP contribution in [0.4, 0.5) is 5.82 Å². The van der Waals surface area contributed by atoms with Gasteiger partial charge in [-0.15, -0.1) is 0 Å². The molecule has 0 spiro atoms. The van der Waals surface area contributed by atoms with Crippen molar-refractivity contribution in [2.24, 2.45) is 0 Å². The highest BCUT2D eigenvalue weighted by atomic mass is 16.3. The Kier molecular flexibility index (Phi) is 2.98. The first kappa shape index (κ1) is 12.2. The van der Waals surface area contributed by atoms with Gasteiger partial charge in [-0.1, -0.05) is 19.3 Å². The number of fused-ring (bicyclic) bond motifs is 1. The van der Waals surface area contributed by atoms with Crippen LogP contribution in [-0.2, 0) is 0 Å². The summed E-state index contributed by atoms with van der Waals surface area (Å²) in [5.74, 6) is 0.641. The van der Waals surface area contributed by atoms with Gasteiger partial charge in [-0.2, -0.15) is 5.10 Å². The molecular weight excluding hydrogens is 246 g/mol. The average molecular weight is 263 g/mol. The predicted octanol–water partition coefficient (Wildman–Crippen LogP) is 0.525. The fraction of sp³-hybridized carbons (Fsp3) is 0.583. The van der Waals surface area contributed by atoms with Gasteiger partial charge in [-0.25, -0.2) is 19.3 Å². The Labute approximate surface area is 109 Å². The smallest absolute Gasteiger partial charge is 0.348 e. The van der Waals surface area contributed by atoms with Crippen LogP contribution in [0.25, 0.3) is 5.65 Å². The number of aromatic amines is 1. The van der Waals surface area contributed by atoms with Crippen molar-refractivity contribution in [3.8, 4) is 0 Å². The Morgan fingerprint density at radius 3 is 2.95 bits per heavy atom. The van der Waals surface area contributed by atoms with Crippen LogP contribution >= 0.6 is 0 Å². The van der Waals surface area contributed by atoms with E-state index >= 15 is 0 Å². The van der Waals surface area contributed by atoms with E-state index in [4.69, 9.17) is 0 Å². The van der Waals surface area contributed by atoms with E-state index in [-0.39, 0.29) is 17.8 Å². The lowest BCUT2D eigenvalue weighted by molar-refractivity contribution is 0.172. The maximum atomic E-state index is 11.3. The summed E-state index contributed by atoms with van der Waals surface area (Å²) >= 11 is 0. The number of H-pyrrole nitrogens is 1. The minimum Gasteiger partial charge on any atom is -0.394 e. The van der Waals surface area contributed by atoms with E-state index in [1.807, 2.05) is 0 Å². The van der Waals surface area contributed by atoms with Crippen LogP contribution in [0.3, 0.4) is 0 Å². The maximum Gasteiger partial charge on any atom is 0.348 e. The topological polar surface area (TPSA) is 95.3 Å². The molecule has 0 amide bonds. The Balaban J connectivity index is 1.89. The minimum absolute atomic E-state index is 0.0905. The number of anilines is 1. The van der Waals surface area contributed by atoms with Crippen LogP contribution in [-0.4, -0.2) is 36.8 Å². The largest absolute Gasteiger partial charge is 0.394 e. The van der Waals surface area contributed by atoms with Crippen molar-refractivity contribution in [3.05, 3.63) is 22.9 Å². The molecule has 1 aliphatic carbocycles. The molecule has 1 fully saturated rings.